The summed E-state index contributed by atoms with van der Waals surface area (Å²) in [6.45, 7) is -0.0319. The topological polar surface area (TPSA) is 87.3 Å². The first-order chi connectivity index (χ1) is 7.10. The molecule has 7 heteroatoms. The number of rotatable bonds is 6. The van der Waals surface area contributed by atoms with Crippen molar-refractivity contribution in [2.75, 3.05) is 32.1 Å². The number of amides is 3. The maximum Gasteiger partial charge on any atom is 0.239 e. The second-order valence-corrected chi connectivity index (χ2v) is 3.60. The van der Waals surface area contributed by atoms with Crippen molar-refractivity contribution in [3.05, 3.63) is 0 Å². The lowest BCUT2D eigenvalue weighted by Crippen LogP contribution is -2.36. The van der Waals surface area contributed by atoms with Gasteiger partial charge in [-0.3, -0.25) is 14.4 Å². The molecule has 0 heterocycles. The Morgan fingerprint density at radius 1 is 0.933 bits per heavy atom. The molecule has 0 fully saturated rings. The van der Waals surface area contributed by atoms with Crippen LogP contribution in [0.1, 0.15) is 0 Å². The van der Waals surface area contributed by atoms with Crippen LogP contribution in [0, 0.1) is 0 Å². The second-order valence-electron chi connectivity index (χ2n) is 2.62. The molecule has 0 unspecified atom stereocenters. The van der Waals surface area contributed by atoms with E-state index in [4.69, 9.17) is 0 Å². The summed E-state index contributed by atoms with van der Waals surface area (Å²) in [5.74, 6) is -0.222. The van der Waals surface area contributed by atoms with Gasteiger partial charge in [0.05, 0.1) is 18.1 Å². The van der Waals surface area contributed by atoms with Crippen LogP contribution in [-0.2, 0) is 14.4 Å². The average molecular weight is 233 g/mol. The molecule has 0 atom stereocenters. The van der Waals surface area contributed by atoms with Crippen molar-refractivity contribution in [3.8, 4) is 0 Å². The molecule has 86 valence electrons. The lowest BCUT2D eigenvalue weighted by molar-refractivity contribution is -0.124. The Hall–Kier alpha value is -1.24. The summed E-state index contributed by atoms with van der Waals surface area (Å²) < 4.78 is 0. The summed E-state index contributed by atoms with van der Waals surface area (Å²) in [4.78, 5) is 32.6. The number of likely N-dealkylation sites (N-methyl/N-ethyl adjacent to an activating group) is 1. The van der Waals surface area contributed by atoms with Gasteiger partial charge in [0.1, 0.15) is 0 Å². The molecule has 0 aromatic carbocycles. The number of carbonyl (C=O) groups is 3. The van der Waals surface area contributed by atoms with Crippen molar-refractivity contribution < 1.29 is 14.4 Å². The highest BCUT2D eigenvalue weighted by Gasteiger charge is 2.05. The van der Waals surface area contributed by atoms with Crippen LogP contribution in [0.3, 0.4) is 0 Å². The minimum atomic E-state index is -0.257. The van der Waals surface area contributed by atoms with Crippen LogP contribution in [0.4, 0.5) is 0 Å². The van der Waals surface area contributed by atoms with E-state index in [9.17, 15) is 14.4 Å². The van der Waals surface area contributed by atoms with Gasteiger partial charge in [0, 0.05) is 14.1 Å². The maximum atomic E-state index is 11.1. The van der Waals surface area contributed by atoms with Crippen molar-refractivity contribution in [1.82, 2.24) is 16.0 Å². The van der Waals surface area contributed by atoms with E-state index in [1.807, 2.05) is 0 Å². The van der Waals surface area contributed by atoms with Gasteiger partial charge in [0.2, 0.25) is 17.7 Å². The van der Waals surface area contributed by atoms with Gasteiger partial charge in [0.15, 0.2) is 0 Å². The predicted octanol–water partition coefficient (Wildman–Crippen LogP) is -1.67. The minimum absolute atomic E-state index is 0.0319. The summed E-state index contributed by atoms with van der Waals surface area (Å²) in [6, 6.07) is 0. The summed E-state index contributed by atoms with van der Waals surface area (Å²) >= 11 is 1.20. The zero-order valence-corrected chi connectivity index (χ0v) is 9.57. The van der Waals surface area contributed by atoms with Crippen molar-refractivity contribution in [1.29, 1.82) is 0 Å². The predicted molar refractivity (Wildman–Crippen MR) is 58.5 cm³/mol. The number of hydrogen-bond donors (Lipinski definition) is 3. The Balaban J connectivity index is 3.49. The molecule has 0 bridgehead atoms. The average Bonchev–Trinajstić information content (AvgIpc) is 2.25. The fourth-order valence-corrected chi connectivity index (χ4v) is 1.35. The standard InChI is InChI=1S/C8H15N3O3S/c1-9-6(12)3-11-8(14)5-15-4-7(13)10-2/h3-5H2,1-2H3,(H,9,12)(H,10,13)(H,11,14). The molecule has 6 nitrogen and oxygen atoms in total. The third-order valence-electron chi connectivity index (χ3n) is 1.47. The third kappa shape index (κ3) is 7.80. The van der Waals surface area contributed by atoms with Crippen LogP contribution in [0.5, 0.6) is 0 Å². The molecule has 0 saturated heterocycles. The molecular weight excluding hydrogens is 218 g/mol. The Morgan fingerprint density at radius 3 is 2.00 bits per heavy atom. The van der Waals surface area contributed by atoms with Gasteiger partial charge in [-0.2, -0.15) is 0 Å². The number of nitrogens with one attached hydrogen (secondary N) is 3. The molecule has 0 rings (SSSR count). The van der Waals surface area contributed by atoms with Crippen LogP contribution in [0.2, 0.25) is 0 Å². The van der Waals surface area contributed by atoms with Crippen LogP contribution in [0.25, 0.3) is 0 Å². The fourth-order valence-electron chi connectivity index (χ4n) is 0.627. The molecule has 0 aliphatic heterocycles. The minimum Gasteiger partial charge on any atom is -0.358 e. The van der Waals surface area contributed by atoms with E-state index in [0.717, 1.165) is 0 Å². The van der Waals surface area contributed by atoms with Crippen molar-refractivity contribution >= 4 is 29.5 Å². The second kappa shape index (κ2) is 8.10. The van der Waals surface area contributed by atoms with E-state index in [0.29, 0.717) is 0 Å². The molecule has 0 aromatic rings. The molecule has 0 aromatic heterocycles. The van der Waals surface area contributed by atoms with Crippen molar-refractivity contribution in [2.24, 2.45) is 0 Å². The van der Waals surface area contributed by atoms with Gasteiger partial charge in [-0.05, 0) is 0 Å². The lowest BCUT2D eigenvalue weighted by atomic mass is 10.5. The summed E-state index contributed by atoms with van der Waals surface area (Å²) in [5.41, 5.74) is 0. The van der Waals surface area contributed by atoms with Crippen LogP contribution in [-0.4, -0.2) is 49.9 Å². The molecule has 15 heavy (non-hydrogen) atoms. The van der Waals surface area contributed by atoms with Crippen molar-refractivity contribution in [3.63, 3.8) is 0 Å². The molecule has 3 N–H and O–H groups in total. The van der Waals surface area contributed by atoms with E-state index >= 15 is 0 Å². The number of carbonyl (C=O) groups excluding carboxylic acids is 3. The molecular formula is C8H15N3O3S. The Bertz CT molecular complexity index is 245. The van der Waals surface area contributed by atoms with E-state index in [1.54, 1.807) is 0 Å². The SMILES string of the molecule is CNC(=O)CNC(=O)CSCC(=O)NC. The maximum absolute atomic E-state index is 11.1. The van der Waals surface area contributed by atoms with Gasteiger partial charge in [0.25, 0.3) is 0 Å². The summed E-state index contributed by atoms with van der Waals surface area (Å²) in [5, 5.41) is 7.24. The van der Waals surface area contributed by atoms with Gasteiger partial charge in [-0.1, -0.05) is 0 Å². The van der Waals surface area contributed by atoms with Crippen molar-refractivity contribution in [2.45, 2.75) is 0 Å². The van der Waals surface area contributed by atoms with E-state index < -0.39 is 0 Å². The monoisotopic (exact) mass is 233 g/mol. The van der Waals surface area contributed by atoms with E-state index in [-0.39, 0.29) is 35.8 Å². The zero-order valence-electron chi connectivity index (χ0n) is 8.75. The van der Waals surface area contributed by atoms with E-state index in [2.05, 4.69) is 16.0 Å². The van der Waals surface area contributed by atoms with E-state index in [1.165, 1.54) is 25.9 Å². The summed E-state index contributed by atoms with van der Waals surface area (Å²) in [7, 11) is 3.03. The Morgan fingerprint density at radius 2 is 1.47 bits per heavy atom. The first kappa shape index (κ1) is 13.8. The molecule has 3 amide bonds. The highest BCUT2D eigenvalue weighted by Crippen LogP contribution is 1.97. The van der Waals surface area contributed by atoms with Gasteiger partial charge in [-0.15, -0.1) is 11.8 Å². The summed E-state index contributed by atoms with van der Waals surface area (Å²) in [6.07, 6.45) is 0. The van der Waals surface area contributed by atoms with Gasteiger partial charge in [-0.25, -0.2) is 0 Å². The highest BCUT2D eigenvalue weighted by molar-refractivity contribution is 8.00. The Labute approximate surface area is 92.6 Å². The number of hydrogen-bond acceptors (Lipinski definition) is 4. The molecule has 0 saturated carbocycles. The number of thioether (sulfide) groups is 1. The third-order valence-corrected chi connectivity index (χ3v) is 2.40. The van der Waals surface area contributed by atoms with Crippen LogP contribution >= 0.6 is 11.8 Å². The smallest absolute Gasteiger partial charge is 0.239 e. The normalized spacial score (nSPS) is 9.20. The Kier molecular flexibility index (Phi) is 7.43. The molecule has 0 aliphatic rings. The van der Waals surface area contributed by atoms with Gasteiger partial charge < -0.3 is 16.0 Å². The molecule has 0 spiro atoms. The zero-order chi connectivity index (χ0) is 11.7. The van der Waals surface area contributed by atoms with Crippen LogP contribution < -0.4 is 16.0 Å². The first-order valence-electron chi connectivity index (χ1n) is 4.35. The molecule has 0 aliphatic carbocycles. The molecule has 0 radical (unpaired) electrons. The quantitative estimate of drug-likeness (QED) is 0.512. The lowest BCUT2D eigenvalue weighted by Gasteiger charge is -2.03. The highest BCUT2D eigenvalue weighted by atomic mass is 32.2. The fraction of sp³-hybridized carbons (Fsp3) is 0.625. The first-order valence-corrected chi connectivity index (χ1v) is 5.51. The van der Waals surface area contributed by atoms with Crippen LogP contribution in [0.15, 0.2) is 0 Å². The van der Waals surface area contributed by atoms with Gasteiger partial charge >= 0.3 is 0 Å². The largest absolute Gasteiger partial charge is 0.358 e.